The molecule has 3 rings (SSSR count). The van der Waals surface area contributed by atoms with Crippen LogP contribution in [-0.2, 0) is 9.59 Å². The molecule has 1 heterocycles. The van der Waals surface area contributed by atoms with E-state index < -0.39 is 17.9 Å². The minimum Gasteiger partial charge on any atom is -0.480 e. The minimum atomic E-state index is -1.59. The Bertz CT molecular complexity index is 923. The topological polar surface area (TPSA) is 87.5 Å². The van der Waals surface area contributed by atoms with E-state index in [9.17, 15) is 9.59 Å². The number of aromatic nitrogens is 1. The van der Waals surface area contributed by atoms with Gasteiger partial charge in [0.15, 0.2) is 5.92 Å². The molecule has 2 aromatic carbocycles. The summed E-state index contributed by atoms with van der Waals surface area (Å²) >= 11 is 5.88. The summed E-state index contributed by atoms with van der Waals surface area (Å²) in [6.07, 6.45) is 0. The number of rotatable bonds is 4. The van der Waals surface area contributed by atoms with Crippen LogP contribution in [0.1, 0.15) is 11.5 Å². The molecule has 6 heteroatoms. The second-order valence-corrected chi connectivity index (χ2v) is 5.70. The first-order valence-corrected chi connectivity index (χ1v) is 7.46. The predicted molar refractivity (Wildman–Crippen MR) is 90.2 cm³/mol. The molecule has 2 N–H and O–H groups in total. The van der Waals surface area contributed by atoms with Crippen molar-refractivity contribution in [3.63, 3.8) is 0 Å². The number of hydrogen-bond acceptors (Lipinski definition) is 3. The maximum absolute atomic E-state index is 11.1. The molecule has 24 heavy (non-hydrogen) atoms. The normalized spacial score (nSPS) is 10.9. The fourth-order valence-corrected chi connectivity index (χ4v) is 2.62. The summed E-state index contributed by atoms with van der Waals surface area (Å²) in [5, 5.41) is 19.5. The van der Waals surface area contributed by atoms with Crippen LogP contribution in [0.2, 0.25) is 5.02 Å². The van der Waals surface area contributed by atoms with E-state index in [0.717, 1.165) is 11.3 Å². The summed E-state index contributed by atoms with van der Waals surface area (Å²) in [7, 11) is 0. The van der Waals surface area contributed by atoms with Gasteiger partial charge in [-0.25, -0.2) is 4.98 Å². The number of nitrogens with zero attached hydrogens (tertiary/aromatic N) is 1. The molecule has 0 spiro atoms. The Morgan fingerprint density at radius 3 is 2.21 bits per heavy atom. The van der Waals surface area contributed by atoms with Crippen molar-refractivity contribution in [2.45, 2.75) is 5.92 Å². The molecule has 0 saturated carbocycles. The number of carbonyl (C=O) groups is 2. The number of fused-ring (bicyclic) bond motifs is 1. The molecule has 1 aromatic heterocycles. The van der Waals surface area contributed by atoms with Crippen LogP contribution in [0.25, 0.3) is 22.2 Å². The van der Waals surface area contributed by atoms with Crippen LogP contribution in [-0.4, -0.2) is 27.1 Å². The molecule has 0 aliphatic carbocycles. The average Bonchev–Trinajstić information content (AvgIpc) is 2.54. The quantitative estimate of drug-likeness (QED) is 0.704. The highest BCUT2D eigenvalue weighted by atomic mass is 35.5. The van der Waals surface area contributed by atoms with Crippen LogP contribution < -0.4 is 0 Å². The van der Waals surface area contributed by atoms with Crippen molar-refractivity contribution in [3.8, 4) is 11.3 Å². The van der Waals surface area contributed by atoms with Gasteiger partial charge >= 0.3 is 11.9 Å². The highest BCUT2D eigenvalue weighted by Crippen LogP contribution is 2.25. The molecular weight excluding hydrogens is 330 g/mol. The van der Waals surface area contributed by atoms with Crippen molar-refractivity contribution in [3.05, 3.63) is 65.2 Å². The Labute approximate surface area is 142 Å². The molecule has 0 amide bonds. The van der Waals surface area contributed by atoms with E-state index in [1.165, 1.54) is 6.07 Å². The lowest BCUT2D eigenvalue weighted by Gasteiger charge is -2.09. The monoisotopic (exact) mass is 341 g/mol. The summed E-state index contributed by atoms with van der Waals surface area (Å²) in [5.74, 6) is -4.38. The van der Waals surface area contributed by atoms with E-state index in [0.29, 0.717) is 15.9 Å². The minimum absolute atomic E-state index is 0.212. The average molecular weight is 342 g/mol. The lowest BCUT2D eigenvalue weighted by molar-refractivity contribution is -0.150. The van der Waals surface area contributed by atoms with E-state index in [2.05, 4.69) is 4.98 Å². The van der Waals surface area contributed by atoms with Gasteiger partial charge in [-0.15, -0.1) is 0 Å². The number of carboxylic acid groups (broad SMARTS) is 2. The van der Waals surface area contributed by atoms with Gasteiger partial charge in [0.1, 0.15) is 0 Å². The summed E-state index contributed by atoms with van der Waals surface area (Å²) < 4.78 is 0. The molecule has 3 aromatic rings. The second kappa shape index (κ2) is 6.29. The van der Waals surface area contributed by atoms with Crippen LogP contribution in [0.15, 0.2) is 54.6 Å². The highest BCUT2D eigenvalue weighted by Gasteiger charge is 2.27. The van der Waals surface area contributed by atoms with E-state index in [1.54, 1.807) is 36.4 Å². The lowest BCUT2D eigenvalue weighted by atomic mass is 9.97. The van der Waals surface area contributed by atoms with Crippen molar-refractivity contribution >= 4 is 34.4 Å². The van der Waals surface area contributed by atoms with Gasteiger partial charge in [-0.05, 0) is 35.9 Å². The Morgan fingerprint density at radius 1 is 0.917 bits per heavy atom. The van der Waals surface area contributed by atoms with Crippen LogP contribution in [0, 0.1) is 0 Å². The van der Waals surface area contributed by atoms with Gasteiger partial charge < -0.3 is 10.2 Å². The summed E-state index contributed by atoms with van der Waals surface area (Å²) in [6, 6.07) is 15.5. The van der Waals surface area contributed by atoms with Crippen molar-refractivity contribution in [2.75, 3.05) is 0 Å². The standard InChI is InChI=1S/C18H12ClNO4/c19-13-5-1-10(2-6-13)14-7-3-11-9-12(4-8-15(11)20-14)16(17(21)22)18(23)24/h1-9,16H,(H,21,22)(H,23,24). The number of aliphatic carboxylic acids is 2. The number of carboxylic acids is 2. The molecule has 0 aliphatic heterocycles. The van der Waals surface area contributed by atoms with Gasteiger partial charge in [-0.1, -0.05) is 35.9 Å². The third-order valence-corrected chi connectivity index (χ3v) is 3.93. The highest BCUT2D eigenvalue weighted by molar-refractivity contribution is 6.30. The molecule has 0 fully saturated rings. The Kier molecular flexibility index (Phi) is 4.18. The molecule has 0 unspecified atom stereocenters. The predicted octanol–water partition coefficient (Wildman–Crippen LogP) is 3.81. The molecule has 0 atom stereocenters. The molecule has 5 nitrogen and oxygen atoms in total. The molecule has 0 bridgehead atoms. The third-order valence-electron chi connectivity index (χ3n) is 3.68. The first-order chi connectivity index (χ1) is 11.5. The number of hydrogen-bond donors (Lipinski definition) is 2. The van der Waals surface area contributed by atoms with Gasteiger partial charge in [0.2, 0.25) is 0 Å². The molecule has 120 valence electrons. The van der Waals surface area contributed by atoms with Gasteiger partial charge in [-0.2, -0.15) is 0 Å². The first kappa shape index (κ1) is 16.0. The zero-order valence-corrected chi connectivity index (χ0v) is 13.1. The Morgan fingerprint density at radius 2 is 1.58 bits per heavy atom. The number of pyridine rings is 1. The SMILES string of the molecule is O=C(O)C(C(=O)O)c1ccc2nc(-c3ccc(Cl)cc3)ccc2c1. The zero-order chi connectivity index (χ0) is 17.3. The Hall–Kier alpha value is -2.92. The summed E-state index contributed by atoms with van der Waals surface area (Å²) in [6.45, 7) is 0. The van der Waals surface area contributed by atoms with Crippen LogP contribution in [0.3, 0.4) is 0 Å². The van der Waals surface area contributed by atoms with Crippen molar-refractivity contribution < 1.29 is 19.8 Å². The maximum atomic E-state index is 11.1. The van der Waals surface area contributed by atoms with E-state index in [1.807, 2.05) is 12.1 Å². The van der Waals surface area contributed by atoms with Crippen molar-refractivity contribution in [1.82, 2.24) is 4.98 Å². The van der Waals surface area contributed by atoms with Crippen LogP contribution >= 0.6 is 11.6 Å². The van der Waals surface area contributed by atoms with Gasteiger partial charge in [-0.3, -0.25) is 9.59 Å². The smallest absolute Gasteiger partial charge is 0.322 e. The fourth-order valence-electron chi connectivity index (χ4n) is 2.50. The lowest BCUT2D eigenvalue weighted by Crippen LogP contribution is -2.20. The van der Waals surface area contributed by atoms with Crippen molar-refractivity contribution in [2.24, 2.45) is 0 Å². The van der Waals surface area contributed by atoms with E-state index in [4.69, 9.17) is 21.8 Å². The molecule has 0 radical (unpaired) electrons. The zero-order valence-electron chi connectivity index (χ0n) is 12.3. The summed E-state index contributed by atoms with van der Waals surface area (Å²) in [4.78, 5) is 26.8. The molecular formula is C18H12ClNO4. The van der Waals surface area contributed by atoms with E-state index >= 15 is 0 Å². The van der Waals surface area contributed by atoms with E-state index in [-0.39, 0.29) is 5.56 Å². The van der Waals surface area contributed by atoms with Gasteiger partial charge in [0, 0.05) is 16.0 Å². The first-order valence-electron chi connectivity index (χ1n) is 7.08. The second-order valence-electron chi connectivity index (χ2n) is 5.27. The molecule has 0 saturated heterocycles. The van der Waals surface area contributed by atoms with Crippen LogP contribution in [0.5, 0.6) is 0 Å². The number of halogens is 1. The Balaban J connectivity index is 2.04. The summed E-state index contributed by atoms with van der Waals surface area (Å²) in [5.41, 5.74) is 2.52. The number of benzene rings is 2. The maximum Gasteiger partial charge on any atom is 0.322 e. The van der Waals surface area contributed by atoms with Gasteiger partial charge in [0.05, 0.1) is 11.2 Å². The molecule has 0 aliphatic rings. The van der Waals surface area contributed by atoms with Crippen molar-refractivity contribution in [1.29, 1.82) is 0 Å². The van der Waals surface area contributed by atoms with Crippen LogP contribution in [0.4, 0.5) is 0 Å². The van der Waals surface area contributed by atoms with Gasteiger partial charge in [0.25, 0.3) is 0 Å². The third kappa shape index (κ3) is 3.07. The fraction of sp³-hybridized carbons (Fsp3) is 0.0556. The largest absolute Gasteiger partial charge is 0.480 e.